The quantitative estimate of drug-likeness (QED) is 0.697. The van der Waals surface area contributed by atoms with Crippen LogP contribution in [-0.4, -0.2) is 28.0 Å². The molecule has 5 nitrogen and oxygen atoms in total. The van der Waals surface area contributed by atoms with Crippen LogP contribution in [0.5, 0.6) is 0 Å². The van der Waals surface area contributed by atoms with Crippen molar-refractivity contribution in [2.24, 2.45) is 0 Å². The van der Waals surface area contributed by atoms with Crippen LogP contribution >= 0.6 is 0 Å². The van der Waals surface area contributed by atoms with Crippen molar-refractivity contribution in [1.82, 2.24) is 15.4 Å². The van der Waals surface area contributed by atoms with E-state index in [0.29, 0.717) is 0 Å². The highest BCUT2D eigenvalue weighted by Crippen LogP contribution is 2.37. The van der Waals surface area contributed by atoms with Gasteiger partial charge in [0.15, 0.2) is 5.69 Å². The summed E-state index contributed by atoms with van der Waals surface area (Å²) in [6.45, 7) is 2.73. The second-order valence-corrected chi connectivity index (χ2v) is 4.36. The lowest BCUT2D eigenvalue weighted by atomic mass is 10.0. The number of carbonyl (C=O) groups excluding carboxylic acids is 1. The van der Waals surface area contributed by atoms with E-state index >= 15 is 0 Å². The lowest BCUT2D eigenvalue weighted by molar-refractivity contribution is -0.140. The molecule has 1 heterocycles. The minimum absolute atomic E-state index is 0.0370. The maximum absolute atomic E-state index is 14.3. The minimum atomic E-state index is -4.86. The van der Waals surface area contributed by atoms with Crippen LogP contribution in [0.4, 0.5) is 17.6 Å². The summed E-state index contributed by atoms with van der Waals surface area (Å²) in [4.78, 5) is 11.7. The van der Waals surface area contributed by atoms with Crippen molar-refractivity contribution in [3.8, 4) is 11.3 Å². The van der Waals surface area contributed by atoms with Gasteiger partial charge in [-0.2, -0.15) is 23.5 Å². The summed E-state index contributed by atoms with van der Waals surface area (Å²) in [6, 6.07) is 2.21. The fraction of sp³-hybridized carbons (Fsp3) is 0.308. The fourth-order valence-corrected chi connectivity index (χ4v) is 1.96. The third-order valence-corrected chi connectivity index (χ3v) is 2.91. The number of alkyl halides is 3. The number of ether oxygens (including phenoxy) is 1. The van der Waals surface area contributed by atoms with Gasteiger partial charge in [-0.1, -0.05) is 6.07 Å². The van der Waals surface area contributed by atoms with Gasteiger partial charge < -0.3 is 4.74 Å². The van der Waals surface area contributed by atoms with Gasteiger partial charge in [-0.05, 0) is 25.5 Å². The Kier molecular flexibility index (Phi) is 4.16. The molecule has 118 valence electrons. The molecule has 0 atom stereocenters. The summed E-state index contributed by atoms with van der Waals surface area (Å²) in [5.41, 5.74) is -2.85. The Hall–Kier alpha value is -2.45. The fourth-order valence-electron chi connectivity index (χ4n) is 1.96. The standard InChI is InChI=1S/C13H11F4N3O2/c1-3-22-12(21)11-10(18-20-19-11)7-5-4-6(2)8(9(7)14)13(15,16)17/h4-5H,3H2,1-2H3,(H,18,19,20). The molecular weight excluding hydrogens is 306 g/mol. The van der Waals surface area contributed by atoms with E-state index < -0.39 is 29.1 Å². The molecule has 2 aromatic rings. The zero-order valence-corrected chi connectivity index (χ0v) is 11.6. The number of aryl methyl sites for hydroxylation is 1. The number of rotatable bonds is 3. The topological polar surface area (TPSA) is 67.9 Å². The summed E-state index contributed by atoms with van der Waals surface area (Å²) in [6.07, 6.45) is -4.86. The lowest BCUT2D eigenvalue weighted by Gasteiger charge is -2.13. The van der Waals surface area contributed by atoms with Crippen molar-refractivity contribution >= 4 is 5.97 Å². The number of halogens is 4. The Balaban J connectivity index is 2.61. The van der Waals surface area contributed by atoms with E-state index in [1.54, 1.807) is 6.92 Å². The van der Waals surface area contributed by atoms with Crippen molar-refractivity contribution in [3.05, 3.63) is 34.8 Å². The molecule has 0 fully saturated rings. The molecule has 0 aliphatic heterocycles. The number of hydrogen-bond acceptors (Lipinski definition) is 4. The highest BCUT2D eigenvalue weighted by atomic mass is 19.4. The summed E-state index contributed by atoms with van der Waals surface area (Å²) in [7, 11) is 0. The van der Waals surface area contributed by atoms with E-state index in [9.17, 15) is 22.4 Å². The van der Waals surface area contributed by atoms with Crippen molar-refractivity contribution in [2.75, 3.05) is 6.61 Å². The molecule has 0 aliphatic carbocycles. The first-order valence-corrected chi connectivity index (χ1v) is 6.22. The predicted octanol–water partition coefficient (Wildman–Crippen LogP) is 3.11. The van der Waals surface area contributed by atoms with Crippen LogP contribution in [0.3, 0.4) is 0 Å². The van der Waals surface area contributed by atoms with Gasteiger partial charge >= 0.3 is 12.1 Å². The summed E-state index contributed by atoms with van der Waals surface area (Å²) < 4.78 is 57.8. The normalized spacial score (nSPS) is 11.5. The van der Waals surface area contributed by atoms with E-state index in [-0.39, 0.29) is 23.6 Å². The van der Waals surface area contributed by atoms with E-state index in [1.807, 2.05) is 0 Å². The van der Waals surface area contributed by atoms with Crippen LogP contribution in [-0.2, 0) is 10.9 Å². The van der Waals surface area contributed by atoms with Gasteiger partial charge in [0.2, 0.25) is 0 Å². The molecule has 0 bridgehead atoms. The molecule has 0 aliphatic rings. The molecule has 0 saturated carbocycles. The number of H-pyrrole nitrogens is 1. The Labute approximate surface area is 122 Å². The second kappa shape index (κ2) is 5.74. The smallest absolute Gasteiger partial charge is 0.419 e. The van der Waals surface area contributed by atoms with E-state index in [4.69, 9.17) is 4.74 Å². The van der Waals surface area contributed by atoms with Gasteiger partial charge in [0.1, 0.15) is 11.5 Å². The van der Waals surface area contributed by atoms with Gasteiger partial charge in [0.05, 0.1) is 12.2 Å². The predicted molar refractivity (Wildman–Crippen MR) is 67.5 cm³/mol. The summed E-state index contributed by atoms with van der Waals surface area (Å²) >= 11 is 0. The number of nitrogens with zero attached hydrogens (tertiary/aromatic N) is 2. The van der Waals surface area contributed by atoms with Gasteiger partial charge in [-0.25, -0.2) is 9.18 Å². The van der Waals surface area contributed by atoms with Crippen LogP contribution in [0.25, 0.3) is 11.3 Å². The molecule has 0 radical (unpaired) electrons. The number of nitrogens with one attached hydrogen (secondary N) is 1. The first-order chi connectivity index (χ1) is 10.3. The van der Waals surface area contributed by atoms with Crippen LogP contribution in [0, 0.1) is 12.7 Å². The average molecular weight is 317 g/mol. The summed E-state index contributed by atoms with van der Waals surface area (Å²) in [5, 5.41) is 9.15. The molecule has 22 heavy (non-hydrogen) atoms. The SMILES string of the molecule is CCOC(=O)c1n[nH]nc1-c1ccc(C)c(C(F)(F)F)c1F. The van der Waals surface area contributed by atoms with Crippen LogP contribution < -0.4 is 0 Å². The molecule has 2 rings (SSSR count). The van der Waals surface area contributed by atoms with Crippen LogP contribution in [0.2, 0.25) is 0 Å². The van der Waals surface area contributed by atoms with Crippen molar-refractivity contribution in [1.29, 1.82) is 0 Å². The van der Waals surface area contributed by atoms with E-state index in [0.717, 1.165) is 19.1 Å². The monoisotopic (exact) mass is 317 g/mol. The summed E-state index contributed by atoms with van der Waals surface area (Å²) in [5.74, 6) is -2.41. The molecule has 0 unspecified atom stereocenters. The molecule has 9 heteroatoms. The van der Waals surface area contributed by atoms with Crippen molar-refractivity contribution in [2.45, 2.75) is 20.0 Å². The number of benzene rings is 1. The molecule has 0 amide bonds. The second-order valence-electron chi connectivity index (χ2n) is 4.36. The first kappa shape index (κ1) is 15.9. The van der Waals surface area contributed by atoms with Gasteiger partial charge in [0, 0.05) is 5.56 Å². The number of aromatic amines is 1. The molecule has 1 aromatic carbocycles. The third-order valence-electron chi connectivity index (χ3n) is 2.91. The Morgan fingerprint density at radius 2 is 2.00 bits per heavy atom. The maximum Gasteiger partial charge on any atom is 0.419 e. The maximum atomic E-state index is 14.3. The zero-order chi connectivity index (χ0) is 16.5. The van der Waals surface area contributed by atoms with E-state index in [2.05, 4.69) is 15.4 Å². The first-order valence-electron chi connectivity index (χ1n) is 6.22. The van der Waals surface area contributed by atoms with Crippen molar-refractivity contribution < 1.29 is 27.1 Å². The highest BCUT2D eigenvalue weighted by molar-refractivity contribution is 5.94. The van der Waals surface area contributed by atoms with Crippen molar-refractivity contribution in [3.63, 3.8) is 0 Å². The average Bonchev–Trinajstić information content (AvgIpc) is 2.86. The molecule has 0 saturated heterocycles. The molecule has 1 aromatic heterocycles. The van der Waals surface area contributed by atoms with E-state index in [1.165, 1.54) is 0 Å². The molecule has 0 spiro atoms. The Morgan fingerprint density at radius 1 is 1.32 bits per heavy atom. The number of hydrogen-bond donors (Lipinski definition) is 1. The lowest BCUT2D eigenvalue weighted by Crippen LogP contribution is -2.12. The number of esters is 1. The third kappa shape index (κ3) is 2.78. The van der Waals surface area contributed by atoms with Gasteiger partial charge in [-0.3, -0.25) is 0 Å². The zero-order valence-electron chi connectivity index (χ0n) is 11.6. The number of carbonyl (C=O) groups is 1. The largest absolute Gasteiger partial charge is 0.461 e. The molecule has 1 N–H and O–H groups in total. The van der Waals surface area contributed by atoms with Crippen LogP contribution in [0.15, 0.2) is 12.1 Å². The highest BCUT2D eigenvalue weighted by Gasteiger charge is 2.38. The van der Waals surface area contributed by atoms with Gasteiger partial charge in [0.25, 0.3) is 0 Å². The molecular formula is C13H11F4N3O2. The number of aromatic nitrogens is 3. The van der Waals surface area contributed by atoms with Gasteiger partial charge in [-0.15, -0.1) is 5.10 Å². The Bertz CT molecular complexity index is 710. The minimum Gasteiger partial charge on any atom is -0.461 e. The van der Waals surface area contributed by atoms with Crippen LogP contribution in [0.1, 0.15) is 28.5 Å². The Morgan fingerprint density at radius 3 is 2.59 bits per heavy atom.